The van der Waals surface area contributed by atoms with E-state index in [2.05, 4.69) is 20.9 Å². The second-order valence-electron chi connectivity index (χ2n) is 5.97. The number of rotatable bonds is 1. The Morgan fingerprint density at radius 3 is 2.48 bits per heavy atom. The highest BCUT2D eigenvalue weighted by Crippen LogP contribution is 2.43. The van der Waals surface area contributed by atoms with Gasteiger partial charge >= 0.3 is 0 Å². The number of sulfone groups is 1. The number of amides is 1. The Hall–Kier alpha value is -0.860. The highest BCUT2D eigenvalue weighted by atomic mass is 79.9. The SMILES string of the molecule is CC(=O)N=C1SC2CS(=O)(=O)CC2N1c1c(C)cc(Br)cc1C. The lowest BCUT2D eigenvalue weighted by atomic mass is 10.1. The maximum absolute atomic E-state index is 12.0. The standard InChI is InChI=1S/C15H17BrN2O3S2/c1-8-4-11(16)5-9(2)14(8)18-12-6-23(20,21)7-13(12)22-15(18)17-10(3)19/h4-5,12-13H,6-7H2,1-3H3. The van der Waals surface area contributed by atoms with Crippen LogP contribution in [0.4, 0.5) is 5.69 Å². The fourth-order valence-electron chi connectivity index (χ4n) is 3.24. The van der Waals surface area contributed by atoms with Crippen molar-refractivity contribution in [1.82, 2.24) is 0 Å². The number of hydrogen-bond acceptors (Lipinski definition) is 4. The molecule has 1 aromatic rings. The quantitative estimate of drug-likeness (QED) is 0.703. The molecule has 0 aliphatic carbocycles. The van der Waals surface area contributed by atoms with E-state index >= 15 is 0 Å². The second-order valence-corrected chi connectivity index (χ2v) is 10.2. The highest BCUT2D eigenvalue weighted by Gasteiger charge is 2.49. The number of aryl methyl sites for hydroxylation is 2. The average Bonchev–Trinajstić information content (AvgIpc) is 2.81. The van der Waals surface area contributed by atoms with E-state index in [1.807, 2.05) is 30.9 Å². The molecule has 5 nitrogen and oxygen atoms in total. The summed E-state index contributed by atoms with van der Waals surface area (Å²) in [5, 5.41) is 0.538. The lowest BCUT2D eigenvalue weighted by Crippen LogP contribution is -2.38. The number of amidine groups is 1. The molecule has 2 aliphatic rings. The summed E-state index contributed by atoms with van der Waals surface area (Å²) in [5.74, 6) is -0.0197. The molecule has 1 aromatic carbocycles. The molecule has 2 unspecified atom stereocenters. The second kappa shape index (κ2) is 5.89. The Balaban J connectivity index is 2.14. The van der Waals surface area contributed by atoms with Gasteiger partial charge in [0.25, 0.3) is 0 Å². The first-order valence-electron chi connectivity index (χ1n) is 7.20. The summed E-state index contributed by atoms with van der Waals surface area (Å²) in [6, 6.07) is 3.83. The molecule has 2 saturated heterocycles. The number of nitrogens with zero attached hydrogens (tertiary/aromatic N) is 2. The van der Waals surface area contributed by atoms with Gasteiger partial charge in [-0.05, 0) is 37.1 Å². The molecule has 23 heavy (non-hydrogen) atoms. The third kappa shape index (κ3) is 3.21. The van der Waals surface area contributed by atoms with Crippen molar-refractivity contribution in [2.45, 2.75) is 32.1 Å². The van der Waals surface area contributed by atoms with E-state index in [0.717, 1.165) is 21.3 Å². The third-order valence-corrected chi connectivity index (χ3v) is 7.68. The predicted octanol–water partition coefficient (Wildman–Crippen LogP) is 2.69. The molecule has 3 rings (SSSR count). The molecule has 0 aromatic heterocycles. The maximum Gasteiger partial charge on any atom is 0.244 e. The van der Waals surface area contributed by atoms with Crippen molar-refractivity contribution in [3.8, 4) is 0 Å². The molecular weight excluding hydrogens is 400 g/mol. The van der Waals surface area contributed by atoms with Crippen LogP contribution in [0.15, 0.2) is 21.6 Å². The summed E-state index contributed by atoms with van der Waals surface area (Å²) in [7, 11) is -3.04. The number of benzene rings is 1. The molecule has 0 bridgehead atoms. The zero-order valence-corrected chi connectivity index (χ0v) is 16.3. The van der Waals surface area contributed by atoms with Crippen molar-refractivity contribution in [3.63, 3.8) is 0 Å². The lowest BCUT2D eigenvalue weighted by Gasteiger charge is -2.28. The lowest BCUT2D eigenvalue weighted by molar-refractivity contribution is -0.115. The van der Waals surface area contributed by atoms with Gasteiger partial charge in [-0.3, -0.25) is 4.79 Å². The first-order valence-corrected chi connectivity index (χ1v) is 10.7. The Labute approximate surface area is 148 Å². The van der Waals surface area contributed by atoms with Crippen LogP contribution < -0.4 is 4.90 Å². The predicted molar refractivity (Wildman–Crippen MR) is 98.0 cm³/mol. The van der Waals surface area contributed by atoms with Gasteiger partial charge < -0.3 is 4.90 Å². The topological polar surface area (TPSA) is 66.8 Å². The van der Waals surface area contributed by atoms with Gasteiger partial charge in [0.2, 0.25) is 5.91 Å². The van der Waals surface area contributed by atoms with Crippen LogP contribution in [0.5, 0.6) is 0 Å². The van der Waals surface area contributed by atoms with Gasteiger partial charge in [0.15, 0.2) is 15.0 Å². The zero-order chi connectivity index (χ0) is 16.9. The van der Waals surface area contributed by atoms with Gasteiger partial charge in [-0.2, -0.15) is 4.99 Å². The number of halogens is 1. The summed E-state index contributed by atoms with van der Waals surface area (Å²) in [6.07, 6.45) is 0. The van der Waals surface area contributed by atoms with Crippen molar-refractivity contribution in [2.75, 3.05) is 16.4 Å². The van der Waals surface area contributed by atoms with Gasteiger partial charge in [-0.15, -0.1) is 0 Å². The Morgan fingerprint density at radius 1 is 1.30 bits per heavy atom. The van der Waals surface area contributed by atoms with Crippen LogP contribution in [0.2, 0.25) is 0 Å². The average molecular weight is 417 g/mol. The number of carbonyl (C=O) groups excluding carboxylic acids is 1. The number of aliphatic imine (C=N–C) groups is 1. The molecule has 8 heteroatoms. The monoisotopic (exact) mass is 416 g/mol. The van der Waals surface area contributed by atoms with E-state index in [4.69, 9.17) is 0 Å². The molecule has 0 spiro atoms. The fraction of sp³-hybridized carbons (Fsp3) is 0.467. The molecule has 124 valence electrons. The van der Waals surface area contributed by atoms with Crippen LogP contribution in [-0.2, 0) is 14.6 Å². The van der Waals surface area contributed by atoms with Gasteiger partial charge in [-0.1, -0.05) is 27.7 Å². The molecular formula is C15H17BrN2O3S2. The largest absolute Gasteiger partial charge is 0.315 e. The Kier molecular flexibility index (Phi) is 4.35. The number of hydrogen-bond donors (Lipinski definition) is 0. The van der Waals surface area contributed by atoms with Crippen LogP contribution >= 0.6 is 27.7 Å². The van der Waals surface area contributed by atoms with Crippen LogP contribution in [0, 0.1) is 13.8 Å². The van der Waals surface area contributed by atoms with Crippen molar-refractivity contribution in [2.24, 2.45) is 4.99 Å². The Morgan fingerprint density at radius 2 is 1.91 bits per heavy atom. The van der Waals surface area contributed by atoms with Gasteiger partial charge in [0.05, 0.1) is 17.5 Å². The molecule has 2 aliphatic heterocycles. The molecule has 2 atom stereocenters. The fourth-order valence-corrected chi connectivity index (χ4v) is 7.87. The van der Waals surface area contributed by atoms with E-state index in [0.29, 0.717) is 5.17 Å². The number of fused-ring (bicyclic) bond motifs is 1. The maximum atomic E-state index is 12.0. The summed E-state index contributed by atoms with van der Waals surface area (Å²) >= 11 is 4.88. The van der Waals surface area contributed by atoms with E-state index in [1.165, 1.54) is 18.7 Å². The molecule has 1 amide bonds. The normalized spacial score (nSPS) is 27.5. The number of thioether (sulfide) groups is 1. The van der Waals surface area contributed by atoms with Crippen molar-refractivity contribution in [3.05, 3.63) is 27.7 Å². The minimum Gasteiger partial charge on any atom is -0.315 e. The Bertz CT molecular complexity index is 797. The van der Waals surface area contributed by atoms with E-state index in [9.17, 15) is 13.2 Å². The highest BCUT2D eigenvalue weighted by molar-refractivity contribution is 9.10. The van der Waals surface area contributed by atoms with E-state index < -0.39 is 9.84 Å². The summed E-state index contributed by atoms with van der Waals surface area (Å²) in [6.45, 7) is 5.39. The minimum absolute atomic E-state index is 0.0689. The molecule has 0 N–H and O–H groups in total. The van der Waals surface area contributed by atoms with Crippen LogP contribution in [0.3, 0.4) is 0 Å². The van der Waals surface area contributed by atoms with Crippen LogP contribution in [-0.4, -0.2) is 42.3 Å². The van der Waals surface area contributed by atoms with E-state index in [1.54, 1.807) is 0 Å². The van der Waals surface area contributed by atoms with Gasteiger partial charge in [-0.25, -0.2) is 8.42 Å². The van der Waals surface area contributed by atoms with Crippen molar-refractivity contribution < 1.29 is 13.2 Å². The summed E-state index contributed by atoms with van der Waals surface area (Å²) in [5.41, 5.74) is 3.00. The van der Waals surface area contributed by atoms with Gasteiger partial charge in [0, 0.05) is 22.3 Å². The minimum atomic E-state index is -3.04. The molecule has 2 fully saturated rings. The molecule has 2 heterocycles. The third-order valence-electron chi connectivity index (χ3n) is 4.02. The first kappa shape index (κ1) is 17.0. The van der Waals surface area contributed by atoms with E-state index in [-0.39, 0.29) is 28.7 Å². The first-order chi connectivity index (χ1) is 10.7. The smallest absolute Gasteiger partial charge is 0.244 e. The summed E-state index contributed by atoms with van der Waals surface area (Å²) in [4.78, 5) is 17.6. The molecule has 0 radical (unpaired) electrons. The van der Waals surface area contributed by atoms with Crippen molar-refractivity contribution >= 4 is 54.3 Å². The summed E-state index contributed by atoms with van der Waals surface area (Å²) < 4.78 is 25.0. The molecule has 0 saturated carbocycles. The zero-order valence-electron chi connectivity index (χ0n) is 13.0. The van der Waals surface area contributed by atoms with Crippen LogP contribution in [0.1, 0.15) is 18.1 Å². The number of anilines is 1. The van der Waals surface area contributed by atoms with Crippen LogP contribution in [0.25, 0.3) is 0 Å². The van der Waals surface area contributed by atoms with Crippen molar-refractivity contribution in [1.29, 1.82) is 0 Å². The number of carbonyl (C=O) groups is 1. The van der Waals surface area contributed by atoms with Gasteiger partial charge in [0.1, 0.15) is 0 Å².